The van der Waals surface area contributed by atoms with E-state index in [1.54, 1.807) is 0 Å². The van der Waals surface area contributed by atoms with E-state index in [2.05, 4.69) is 60.5 Å². The number of azo groups is 1. The normalized spacial score (nSPS) is 11.4. The molecule has 0 fully saturated rings. The molecule has 0 aliphatic rings. The summed E-state index contributed by atoms with van der Waals surface area (Å²) in [7, 11) is 0. The van der Waals surface area contributed by atoms with Gasteiger partial charge in [-0.3, -0.25) is 0 Å². The van der Waals surface area contributed by atoms with Crippen LogP contribution in [0.1, 0.15) is 41.7 Å². The first-order valence-electron chi connectivity index (χ1n) is 9.70. The van der Waals surface area contributed by atoms with Gasteiger partial charge >= 0.3 is 0 Å². The topological polar surface area (TPSA) is 76.8 Å². The number of benzene rings is 2. The zero-order valence-corrected chi connectivity index (χ0v) is 16.2. The third kappa shape index (κ3) is 6.36. The van der Waals surface area contributed by atoms with Gasteiger partial charge in [0.25, 0.3) is 0 Å². The molecule has 0 radical (unpaired) electrons. The maximum atomic E-state index is 5.70. The molecule has 26 heavy (non-hydrogen) atoms. The highest BCUT2D eigenvalue weighted by atomic mass is 15.1. The summed E-state index contributed by atoms with van der Waals surface area (Å²) >= 11 is 0. The number of aryl methyl sites for hydroxylation is 2. The van der Waals surface area contributed by atoms with E-state index >= 15 is 0 Å². The summed E-state index contributed by atoms with van der Waals surface area (Å²) in [5, 5.41) is 8.85. The van der Waals surface area contributed by atoms with E-state index in [-0.39, 0.29) is 0 Å². The van der Waals surface area contributed by atoms with Crippen LogP contribution in [0.4, 0.5) is 5.69 Å². The van der Waals surface area contributed by atoms with Crippen molar-refractivity contribution >= 4 is 5.69 Å². The Kier molecular flexibility index (Phi) is 8.45. The first kappa shape index (κ1) is 20.3. The lowest BCUT2D eigenvalue weighted by Crippen LogP contribution is -2.04. The minimum Gasteiger partial charge on any atom is -0.330 e. The number of hydrogen-bond acceptors (Lipinski definition) is 4. The second kappa shape index (κ2) is 10.8. The largest absolute Gasteiger partial charge is 0.330 e. The van der Waals surface area contributed by atoms with Gasteiger partial charge in [0.1, 0.15) is 0 Å². The highest BCUT2D eigenvalue weighted by molar-refractivity contribution is 5.44. The maximum Gasteiger partial charge on any atom is 0.0858 e. The smallest absolute Gasteiger partial charge is 0.0858 e. The number of nitrogens with two attached hydrogens (primary N) is 2. The van der Waals surface area contributed by atoms with Gasteiger partial charge in [-0.15, -0.1) is 0 Å². The lowest BCUT2D eigenvalue weighted by molar-refractivity contribution is 0.889. The van der Waals surface area contributed by atoms with Gasteiger partial charge in [0.15, 0.2) is 0 Å². The standard InChI is InChI=1S/C22H32N4/c1-3-17-11-19(5-8-23)14-21(12-17)7-10-25-26-22-15-18(4-2)13-20(16-22)6-9-24/h11-16H,3-10,23-24H2,1-2H3/b26-25+. The van der Waals surface area contributed by atoms with E-state index in [9.17, 15) is 0 Å². The number of hydrogen-bond donors (Lipinski definition) is 2. The van der Waals surface area contributed by atoms with Crippen LogP contribution in [0.5, 0.6) is 0 Å². The Morgan fingerprint density at radius 3 is 1.69 bits per heavy atom. The molecule has 0 aliphatic heterocycles. The zero-order chi connectivity index (χ0) is 18.8. The molecule has 0 saturated carbocycles. The molecular weight excluding hydrogens is 320 g/mol. The summed E-state index contributed by atoms with van der Waals surface area (Å²) in [6.07, 6.45) is 4.74. The van der Waals surface area contributed by atoms with E-state index in [4.69, 9.17) is 11.5 Å². The minimum absolute atomic E-state index is 0.655. The molecule has 0 aliphatic carbocycles. The molecule has 0 spiro atoms. The summed E-state index contributed by atoms with van der Waals surface area (Å²) in [4.78, 5) is 0. The maximum absolute atomic E-state index is 5.70. The van der Waals surface area contributed by atoms with E-state index in [1.807, 2.05) is 0 Å². The molecule has 0 heterocycles. The SMILES string of the molecule is CCc1cc(CCN)cc(CC/N=N/c2cc(CC)cc(CCN)c2)c1. The molecule has 4 nitrogen and oxygen atoms in total. The average molecular weight is 353 g/mol. The van der Waals surface area contributed by atoms with Crippen LogP contribution in [0.25, 0.3) is 0 Å². The van der Waals surface area contributed by atoms with Crippen molar-refractivity contribution in [3.05, 3.63) is 64.2 Å². The van der Waals surface area contributed by atoms with Crippen molar-refractivity contribution in [1.29, 1.82) is 0 Å². The van der Waals surface area contributed by atoms with Gasteiger partial charge in [0.2, 0.25) is 0 Å². The summed E-state index contributed by atoms with van der Waals surface area (Å²) in [6, 6.07) is 13.2. The molecule has 2 aromatic rings. The molecular formula is C22H32N4. The average Bonchev–Trinajstić information content (AvgIpc) is 2.65. The van der Waals surface area contributed by atoms with Crippen LogP contribution in [0.2, 0.25) is 0 Å². The van der Waals surface area contributed by atoms with Crippen LogP contribution in [-0.4, -0.2) is 19.6 Å². The molecule has 4 heteroatoms. The van der Waals surface area contributed by atoms with Gasteiger partial charge in [-0.2, -0.15) is 10.2 Å². The Balaban J connectivity index is 2.03. The predicted octanol–water partition coefficient (Wildman–Crippen LogP) is 4.14. The number of rotatable bonds is 10. The molecule has 0 atom stereocenters. The molecule has 0 aromatic heterocycles. The van der Waals surface area contributed by atoms with Gasteiger partial charge in [-0.1, -0.05) is 38.1 Å². The van der Waals surface area contributed by atoms with E-state index in [0.29, 0.717) is 19.6 Å². The monoisotopic (exact) mass is 352 g/mol. The quantitative estimate of drug-likeness (QED) is 0.630. The van der Waals surface area contributed by atoms with Crippen LogP contribution in [0, 0.1) is 0 Å². The van der Waals surface area contributed by atoms with Crippen molar-refractivity contribution in [2.45, 2.75) is 46.0 Å². The first-order chi connectivity index (χ1) is 12.7. The van der Waals surface area contributed by atoms with E-state index in [1.165, 1.54) is 27.8 Å². The van der Waals surface area contributed by atoms with Crippen LogP contribution >= 0.6 is 0 Å². The van der Waals surface area contributed by atoms with Crippen molar-refractivity contribution in [2.75, 3.05) is 19.6 Å². The highest BCUT2D eigenvalue weighted by Crippen LogP contribution is 2.19. The van der Waals surface area contributed by atoms with Gasteiger partial charge in [-0.25, -0.2) is 0 Å². The minimum atomic E-state index is 0.655. The molecule has 2 aromatic carbocycles. The second-order valence-corrected chi connectivity index (χ2v) is 6.66. The summed E-state index contributed by atoms with van der Waals surface area (Å²) in [6.45, 7) is 6.37. The number of nitrogens with zero attached hydrogens (tertiary/aromatic N) is 2. The Labute approximate surface area is 157 Å². The van der Waals surface area contributed by atoms with Gasteiger partial charge in [-0.05, 0) is 85.1 Å². The third-order valence-electron chi connectivity index (χ3n) is 4.52. The van der Waals surface area contributed by atoms with Crippen molar-refractivity contribution in [1.82, 2.24) is 0 Å². The Morgan fingerprint density at radius 2 is 1.12 bits per heavy atom. The Morgan fingerprint density at radius 1 is 0.654 bits per heavy atom. The van der Waals surface area contributed by atoms with E-state index in [0.717, 1.165) is 37.8 Å². The molecule has 0 amide bonds. The van der Waals surface area contributed by atoms with Crippen molar-refractivity contribution in [3.8, 4) is 0 Å². The molecule has 140 valence electrons. The van der Waals surface area contributed by atoms with Crippen molar-refractivity contribution in [3.63, 3.8) is 0 Å². The predicted molar refractivity (Wildman–Crippen MR) is 110 cm³/mol. The van der Waals surface area contributed by atoms with Gasteiger partial charge in [0.05, 0.1) is 12.2 Å². The Bertz CT molecular complexity index is 722. The lowest BCUT2D eigenvalue weighted by Gasteiger charge is -2.07. The molecule has 0 unspecified atom stereocenters. The Hall–Kier alpha value is -2.04. The van der Waals surface area contributed by atoms with Crippen LogP contribution in [-0.2, 0) is 32.1 Å². The molecule has 4 N–H and O–H groups in total. The highest BCUT2D eigenvalue weighted by Gasteiger charge is 2.02. The van der Waals surface area contributed by atoms with Crippen molar-refractivity contribution in [2.24, 2.45) is 21.7 Å². The van der Waals surface area contributed by atoms with Crippen molar-refractivity contribution < 1.29 is 0 Å². The second-order valence-electron chi connectivity index (χ2n) is 6.66. The van der Waals surface area contributed by atoms with Gasteiger partial charge < -0.3 is 11.5 Å². The molecule has 2 rings (SSSR count). The summed E-state index contributed by atoms with van der Waals surface area (Å²) < 4.78 is 0. The van der Waals surface area contributed by atoms with E-state index < -0.39 is 0 Å². The first-order valence-corrected chi connectivity index (χ1v) is 9.70. The fourth-order valence-corrected chi connectivity index (χ4v) is 3.13. The summed E-state index contributed by atoms with van der Waals surface area (Å²) in [5.74, 6) is 0. The van der Waals surface area contributed by atoms with Crippen LogP contribution < -0.4 is 11.5 Å². The fraction of sp³-hybridized carbons (Fsp3) is 0.455. The zero-order valence-electron chi connectivity index (χ0n) is 16.2. The molecule has 0 saturated heterocycles. The van der Waals surface area contributed by atoms with Gasteiger partial charge in [0, 0.05) is 0 Å². The third-order valence-corrected chi connectivity index (χ3v) is 4.52. The molecule has 0 bridgehead atoms. The van der Waals surface area contributed by atoms with Crippen LogP contribution in [0.3, 0.4) is 0 Å². The van der Waals surface area contributed by atoms with Crippen LogP contribution in [0.15, 0.2) is 46.6 Å². The fourth-order valence-electron chi connectivity index (χ4n) is 3.13. The lowest BCUT2D eigenvalue weighted by atomic mass is 10.0. The summed E-state index contributed by atoms with van der Waals surface area (Å²) in [5.41, 5.74) is 18.8.